The van der Waals surface area contributed by atoms with E-state index in [4.69, 9.17) is 4.42 Å². The Hall–Kier alpha value is -3.65. The normalized spacial score (nSPS) is 14.3. The van der Waals surface area contributed by atoms with Gasteiger partial charge in [0.25, 0.3) is 11.5 Å². The zero-order chi connectivity index (χ0) is 23.4. The third kappa shape index (κ3) is 5.40. The number of benzene rings is 1. The van der Waals surface area contributed by atoms with Gasteiger partial charge in [-0.1, -0.05) is 18.2 Å². The van der Waals surface area contributed by atoms with Crippen molar-refractivity contribution in [1.82, 2.24) is 14.4 Å². The maximum atomic E-state index is 12.8. The summed E-state index contributed by atoms with van der Waals surface area (Å²) in [4.78, 5) is 41.0. The van der Waals surface area contributed by atoms with Crippen molar-refractivity contribution in [2.45, 2.75) is 20.4 Å². The number of nitrogens with one attached hydrogen (secondary N) is 1. The van der Waals surface area contributed by atoms with Crippen LogP contribution < -0.4 is 10.9 Å². The quantitative estimate of drug-likeness (QED) is 0.626. The highest BCUT2D eigenvalue weighted by Gasteiger charge is 2.25. The maximum Gasteiger partial charge on any atom is 0.289 e. The first-order valence-electron chi connectivity index (χ1n) is 11.0. The highest BCUT2D eigenvalue weighted by molar-refractivity contribution is 5.93. The minimum Gasteiger partial charge on any atom is -0.454 e. The van der Waals surface area contributed by atoms with Gasteiger partial charge in [0.05, 0.1) is 13.1 Å². The van der Waals surface area contributed by atoms with Crippen molar-refractivity contribution in [1.29, 1.82) is 0 Å². The molecule has 8 nitrogen and oxygen atoms in total. The summed E-state index contributed by atoms with van der Waals surface area (Å²) in [5.74, 6) is 0.569. The van der Waals surface area contributed by atoms with Gasteiger partial charge in [-0.15, -0.1) is 0 Å². The molecule has 0 bridgehead atoms. The van der Waals surface area contributed by atoms with Crippen LogP contribution in [-0.2, 0) is 11.3 Å². The van der Waals surface area contributed by atoms with Gasteiger partial charge in [-0.25, -0.2) is 0 Å². The lowest BCUT2D eigenvalue weighted by atomic mass is 10.1. The Morgan fingerprint density at radius 3 is 2.52 bits per heavy atom. The number of hydrogen-bond acceptors (Lipinski definition) is 5. The van der Waals surface area contributed by atoms with Gasteiger partial charge in [-0.05, 0) is 49.2 Å². The summed E-state index contributed by atoms with van der Waals surface area (Å²) in [6.45, 7) is 6.83. The molecule has 0 atom stereocenters. The molecular weight excluding hydrogens is 420 g/mol. The number of rotatable bonds is 6. The van der Waals surface area contributed by atoms with Crippen molar-refractivity contribution in [3.63, 3.8) is 0 Å². The summed E-state index contributed by atoms with van der Waals surface area (Å²) in [6.07, 6.45) is 1.68. The van der Waals surface area contributed by atoms with Crippen LogP contribution in [-0.4, -0.2) is 58.9 Å². The molecule has 3 heterocycles. The van der Waals surface area contributed by atoms with Crippen LogP contribution in [0.3, 0.4) is 0 Å². The Bertz CT molecular complexity index is 1200. The molecule has 8 heteroatoms. The van der Waals surface area contributed by atoms with Crippen LogP contribution in [0.5, 0.6) is 0 Å². The molecule has 2 aromatic heterocycles. The lowest BCUT2D eigenvalue weighted by Gasteiger charge is -2.33. The number of nitrogens with zero attached hydrogens (tertiary/aromatic N) is 3. The molecule has 1 aliphatic rings. The number of anilines is 1. The highest BCUT2D eigenvalue weighted by Crippen LogP contribution is 2.18. The number of aryl methyl sites for hydroxylation is 1. The Morgan fingerprint density at radius 2 is 1.76 bits per heavy atom. The topological polar surface area (TPSA) is 87.8 Å². The molecule has 1 N–H and O–H groups in total. The maximum absolute atomic E-state index is 12.8. The standard InChI is InChI=1S/C25H28N4O4/c1-18-6-5-7-21(19(18)2)26-23(30)17-27-12-14-28(15-13-27)25(32)22-10-9-20(33-22)16-29-11-4-3-8-24(29)31/h3-11H,12-17H2,1-2H3,(H,26,30). The van der Waals surface area contributed by atoms with Crippen LogP contribution in [0, 0.1) is 13.8 Å². The predicted molar refractivity (Wildman–Crippen MR) is 125 cm³/mol. The minimum atomic E-state index is -0.179. The Kier molecular flexibility index (Phi) is 6.74. The van der Waals surface area contributed by atoms with E-state index >= 15 is 0 Å². The monoisotopic (exact) mass is 448 g/mol. The molecule has 4 rings (SSSR count). The second kappa shape index (κ2) is 9.87. The average molecular weight is 449 g/mol. The first kappa shape index (κ1) is 22.5. The molecule has 1 aliphatic heterocycles. The van der Waals surface area contributed by atoms with E-state index in [0.29, 0.717) is 31.9 Å². The molecule has 0 radical (unpaired) electrons. The second-order valence-corrected chi connectivity index (χ2v) is 8.30. The molecule has 0 spiro atoms. The number of carbonyl (C=O) groups is 2. The van der Waals surface area contributed by atoms with Crippen LogP contribution in [0.1, 0.15) is 27.4 Å². The molecule has 1 fully saturated rings. The lowest BCUT2D eigenvalue weighted by molar-refractivity contribution is -0.117. The van der Waals surface area contributed by atoms with E-state index in [1.165, 1.54) is 10.6 Å². The van der Waals surface area contributed by atoms with E-state index in [1.54, 1.807) is 35.4 Å². The fourth-order valence-electron chi connectivity index (χ4n) is 3.88. The van der Waals surface area contributed by atoms with Crippen LogP contribution in [0.15, 0.2) is 63.9 Å². The van der Waals surface area contributed by atoms with Crippen molar-refractivity contribution < 1.29 is 14.0 Å². The van der Waals surface area contributed by atoms with Crippen molar-refractivity contribution in [3.8, 4) is 0 Å². The summed E-state index contributed by atoms with van der Waals surface area (Å²) in [5, 5.41) is 2.98. The molecule has 3 aromatic rings. The largest absolute Gasteiger partial charge is 0.454 e. The van der Waals surface area contributed by atoms with Gasteiger partial charge >= 0.3 is 0 Å². The third-order valence-corrected chi connectivity index (χ3v) is 6.00. The van der Waals surface area contributed by atoms with Crippen LogP contribution in [0.4, 0.5) is 5.69 Å². The van der Waals surface area contributed by atoms with Crippen molar-refractivity contribution in [2.75, 3.05) is 38.0 Å². The highest BCUT2D eigenvalue weighted by atomic mass is 16.4. The van der Waals surface area contributed by atoms with Crippen LogP contribution in [0.25, 0.3) is 0 Å². The van der Waals surface area contributed by atoms with E-state index in [2.05, 4.69) is 5.32 Å². The number of aromatic nitrogens is 1. The number of carbonyl (C=O) groups excluding carboxylic acids is 2. The van der Waals surface area contributed by atoms with Crippen LogP contribution >= 0.6 is 0 Å². The van der Waals surface area contributed by atoms with E-state index in [0.717, 1.165) is 16.8 Å². The number of piperazine rings is 1. The first-order chi connectivity index (χ1) is 15.9. The van der Waals surface area contributed by atoms with Gasteiger partial charge in [0.15, 0.2) is 5.76 Å². The van der Waals surface area contributed by atoms with Gasteiger partial charge in [0.1, 0.15) is 5.76 Å². The fourth-order valence-corrected chi connectivity index (χ4v) is 3.88. The molecule has 1 aromatic carbocycles. The third-order valence-electron chi connectivity index (χ3n) is 6.00. The molecule has 1 saturated heterocycles. The van der Waals surface area contributed by atoms with E-state index in [1.807, 2.05) is 36.9 Å². The van der Waals surface area contributed by atoms with E-state index in [9.17, 15) is 14.4 Å². The summed E-state index contributed by atoms with van der Waals surface area (Å²) in [7, 11) is 0. The molecule has 0 aliphatic carbocycles. The molecule has 172 valence electrons. The zero-order valence-corrected chi connectivity index (χ0v) is 18.9. The van der Waals surface area contributed by atoms with Crippen molar-refractivity contribution in [2.24, 2.45) is 0 Å². The lowest BCUT2D eigenvalue weighted by Crippen LogP contribution is -2.50. The summed E-state index contributed by atoms with van der Waals surface area (Å²) in [6, 6.07) is 14.2. The minimum absolute atomic E-state index is 0.0599. The second-order valence-electron chi connectivity index (χ2n) is 8.30. The SMILES string of the molecule is Cc1cccc(NC(=O)CN2CCN(C(=O)c3ccc(Cn4ccccc4=O)o3)CC2)c1C. The Labute approximate surface area is 192 Å². The number of furan rings is 1. The summed E-state index contributed by atoms with van der Waals surface area (Å²) in [5.41, 5.74) is 2.91. The van der Waals surface area contributed by atoms with Gasteiger partial charge < -0.3 is 19.2 Å². The molecule has 0 unspecified atom stereocenters. The Balaban J connectivity index is 1.28. The van der Waals surface area contributed by atoms with Gasteiger partial charge in [-0.2, -0.15) is 0 Å². The van der Waals surface area contributed by atoms with Crippen molar-refractivity contribution >= 4 is 17.5 Å². The number of pyridine rings is 1. The fraction of sp³-hybridized carbons (Fsp3) is 0.320. The molecule has 0 saturated carbocycles. The van der Waals surface area contributed by atoms with Gasteiger partial charge in [0, 0.05) is 44.1 Å². The van der Waals surface area contributed by atoms with Gasteiger partial charge in [0.2, 0.25) is 5.91 Å². The predicted octanol–water partition coefficient (Wildman–Crippen LogP) is 2.50. The molecule has 33 heavy (non-hydrogen) atoms. The number of hydrogen-bond donors (Lipinski definition) is 1. The first-order valence-corrected chi connectivity index (χ1v) is 11.0. The summed E-state index contributed by atoms with van der Waals surface area (Å²) < 4.78 is 7.23. The average Bonchev–Trinajstić information content (AvgIpc) is 3.27. The van der Waals surface area contributed by atoms with E-state index in [-0.39, 0.29) is 36.2 Å². The van der Waals surface area contributed by atoms with Crippen molar-refractivity contribution in [3.05, 3.63) is 87.7 Å². The zero-order valence-electron chi connectivity index (χ0n) is 18.9. The van der Waals surface area contributed by atoms with Gasteiger partial charge in [-0.3, -0.25) is 19.3 Å². The smallest absolute Gasteiger partial charge is 0.289 e. The summed E-state index contributed by atoms with van der Waals surface area (Å²) >= 11 is 0. The Morgan fingerprint density at radius 1 is 0.970 bits per heavy atom. The molecule has 2 amide bonds. The van der Waals surface area contributed by atoms with E-state index < -0.39 is 0 Å². The van der Waals surface area contributed by atoms with Crippen LogP contribution in [0.2, 0.25) is 0 Å². The number of amides is 2. The molecular formula is C25H28N4O4.